The van der Waals surface area contributed by atoms with Gasteiger partial charge in [0.1, 0.15) is 24.4 Å². The van der Waals surface area contributed by atoms with Crippen LogP contribution in [0.3, 0.4) is 0 Å². The molecule has 3 aliphatic rings. The molecule has 0 saturated carbocycles. The number of rotatable bonds is 5. The molecule has 0 aromatic heterocycles. The Kier molecular flexibility index (Phi) is 5.27. The third kappa shape index (κ3) is 4.48. The van der Waals surface area contributed by atoms with Gasteiger partial charge in [0, 0.05) is 12.8 Å². The van der Waals surface area contributed by atoms with Crippen LogP contribution in [-0.4, -0.2) is 66.3 Å². The van der Waals surface area contributed by atoms with Gasteiger partial charge in [0.2, 0.25) is 0 Å². The third-order valence-electron chi connectivity index (χ3n) is 4.73. The summed E-state index contributed by atoms with van der Waals surface area (Å²) in [6, 6.07) is 0. The topological polar surface area (TPSA) is 66.4 Å². The van der Waals surface area contributed by atoms with Crippen molar-refractivity contribution in [1.29, 1.82) is 0 Å². The zero-order chi connectivity index (χ0) is 17.5. The van der Waals surface area contributed by atoms with Crippen LogP contribution in [0.1, 0.15) is 53.9 Å². The average Bonchev–Trinajstić information content (AvgIpc) is 3.09. The zero-order valence-electron chi connectivity index (χ0n) is 15.5. The summed E-state index contributed by atoms with van der Waals surface area (Å²) in [5.74, 6) is 0. The summed E-state index contributed by atoms with van der Waals surface area (Å²) >= 11 is 0. The molecule has 6 nitrogen and oxygen atoms in total. The van der Waals surface area contributed by atoms with Gasteiger partial charge >= 0.3 is 0 Å². The monoisotopic (exact) mass is 344 g/mol. The molecule has 1 N–H and O–H groups in total. The van der Waals surface area contributed by atoms with Gasteiger partial charge in [-0.15, -0.1) is 0 Å². The molecule has 0 aliphatic carbocycles. The minimum absolute atomic E-state index is 0.127. The van der Waals surface area contributed by atoms with Crippen molar-refractivity contribution in [3.05, 3.63) is 0 Å². The Morgan fingerprint density at radius 3 is 2.38 bits per heavy atom. The van der Waals surface area contributed by atoms with E-state index in [2.05, 4.69) is 13.8 Å². The average molecular weight is 344 g/mol. The first-order valence-corrected chi connectivity index (χ1v) is 9.05. The van der Waals surface area contributed by atoms with Gasteiger partial charge in [0.15, 0.2) is 6.29 Å². The maximum Gasteiger partial charge on any atom is 0.158 e. The molecule has 6 heteroatoms. The summed E-state index contributed by atoms with van der Waals surface area (Å²) in [6.07, 6.45) is 1.62. The molecule has 24 heavy (non-hydrogen) atoms. The van der Waals surface area contributed by atoms with E-state index in [1.165, 1.54) is 0 Å². The first-order valence-electron chi connectivity index (χ1n) is 9.05. The van der Waals surface area contributed by atoms with Gasteiger partial charge in [-0.1, -0.05) is 0 Å². The second kappa shape index (κ2) is 6.82. The Morgan fingerprint density at radius 2 is 1.67 bits per heavy atom. The van der Waals surface area contributed by atoms with Crippen LogP contribution in [0, 0.1) is 0 Å². The van der Waals surface area contributed by atoms with Crippen LogP contribution < -0.4 is 0 Å². The molecule has 0 aromatic rings. The van der Waals surface area contributed by atoms with Gasteiger partial charge < -0.3 is 28.8 Å². The molecule has 3 aliphatic heterocycles. The second-order valence-electron chi connectivity index (χ2n) is 8.78. The molecule has 6 atom stereocenters. The van der Waals surface area contributed by atoms with E-state index in [4.69, 9.17) is 23.7 Å². The summed E-state index contributed by atoms with van der Waals surface area (Å²) in [5, 5.41) is 9.83. The number of hydrogen-bond acceptors (Lipinski definition) is 6. The summed E-state index contributed by atoms with van der Waals surface area (Å²) in [4.78, 5) is 0. The lowest BCUT2D eigenvalue weighted by Crippen LogP contribution is -2.41. The molecule has 0 bridgehead atoms. The van der Waals surface area contributed by atoms with Crippen LogP contribution in [-0.2, 0) is 23.7 Å². The van der Waals surface area contributed by atoms with E-state index < -0.39 is 6.10 Å². The SMILES string of the molecule is CC(C)(C)OC1CCC(CC(C)(C)O[C@@H]2CO[C@H]3[C@@H]2OC[C@H]3O)O1. The number of ether oxygens (including phenoxy) is 5. The van der Waals surface area contributed by atoms with E-state index >= 15 is 0 Å². The smallest absolute Gasteiger partial charge is 0.158 e. The first-order chi connectivity index (χ1) is 11.1. The first kappa shape index (κ1) is 18.5. The van der Waals surface area contributed by atoms with Crippen molar-refractivity contribution in [2.45, 2.75) is 102 Å². The van der Waals surface area contributed by atoms with Crippen LogP contribution in [0.4, 0.5) is 0 Å². The van der Waals surface area contributed by atoms with Gasteiger partial charge in [0.25, 0.3) is 0 Å². The lowest BCUT2D eigenvalue weighted by atomic mass is 9.98. The standard InChI is InChI=1S/C18H32O6/c1-17(2,3)24-14-7-6-11(22-14)8-18(4,5)23-13-10-21-15-12(19)9-20-16(13)15/h11-16,19H,6-10H2,1-5H3/t11?,12-,13-,14?,15-,16-/m1/s1. The fourth-order valence-corrected chi connectivity index (χ4v) is 3.86. The minimum atomic E-state index is -0.541. The highest BCUT2D eigenvalue weighted by Gasteiger charge is 2.49. The number of aliphatic hydroxyl groups is 1. The normalized spacial score (nSPS) is 40.2. The van der Waals surface area contributed by atoms with E-state index in [0.29, 0.717) is 13.2 Å². The van der Waals surface area contributed by atoms with E-state index in [0.717, 1.165) is 19.3 Å². The molecule has 0 aromatic carbocycles. The van der Waals surface area contributed by atoms with Crippen molar-refractivity contribution < 1.29 is 28.8 Å². The largest absolute Gasteiger partial charge is 0.388 e. The Bertz CT molecular complexity index is 432. The van der Waals surface area contributed by atoms with Gasteiger partial charge in [-0.05, 0) is 41.0 Å². The molecule has 0 radical (unpaired) electrons. The summed E-state index contributed by atoms with van der Waals surface area (Å²) < 4.78 is 29.5. The Morgan fingerprint density at radius 1 is 0.958 bits per heavy atom. The van der Waals surface area contributed by atoms with Crippen molar-refractivity contribution in [2.24, 2.45) is 0 Å². The highest BCUT2D eigenvalue weighted by Crippen LogP contribution is 2.35. The van der Waals surface area contributed by atoms with E-state index in [9.17, 15) is 5.11 Å². The fourth-order valence-electron chi connectivity index (χ4n) is 3.86. The third-order valence-corrected chi connectivity index (χ3v) is 4.73. The van der Waals surface area contributed by atoms with Crippen molar-refractivity contribution in [2.75, 3.05) is 13.2 Å². The van der Waals surface area contributed by atoms with Gasteiger partial charge in [-0.25, -0.2) is 0 Å². The van der Waals surface area contributed by atoms with Gasteiger partial charge in [-0.3, -0.25) is 0 Å². The fraction of sp³-hybridized carbons (Fsp3) is 1.00. The second-order valence-corrected chi connectivity index (χ2v) is 8.78. The van der Waals surface area contributed by atoms with Crippen molar-refractivity contribution in [3.8, 4) is 0 Å². The van der Waals surface area contributed by atoms with Crippen LogP contribution >= 0.6 is 0 Å². The molecule has 3 heterocycles. The van der Waals surface area contributed by atoms with E-state index in [-0.39, 0.29) is 41.9 Å². The number of aliphatic hydroxyl groups excluding tert-OH is 1. The zero-order valence-corrected chi connectivity index (χ0v) is 15.5. The van der Waals surface area contributed by atoms with Crippen LogP contribution in [0.25, 0.3) is 0 Å². The van der Waals surface area contributed by atoms with Crippen LogP contribution in [0.5, 0.6) is 0 Å². The number of hydrogen-bond donors (Lipinski definition) is 1. The van der Waals surface area contributed by atoms with Gasteiger partial charge in [-0.2, -0.15) is 0 Å². The molecular weight excluding hydrogens is 312 g/mol. The van der Waals surface area contributed by atoms with Crippen LogP contribution in [0.2, 0.25) is 0 Å². The molecular formula is C18H32O6. The van der Waals surface area contributed by atoms with Crippen LogP contribution in [0.15, 0.2) is 0 Å². The molecule has 0 spiro atoms. The van der Waals surface area contributed by atoms with E-state index in [1.54, 1.807) is 0 Å². The predicted octanol–water partition coefficient (Wildman–Crippen LogP) is 2.02. The highest BCUT2D eigenvalue weighted by atomic mass is 16.7. The van der Waals surface area contributed by atoms with Crippen molar-refractivity contribution in [1.82, 2.24) is 0 Å². The lowest BCUT2D eigenvalue weighted by molar-refractivity contribution is -0.197. The Hall–Kier alpha value is -0.240. The molecule has 140 valence electrons. The summed E-state index contributed by atoms with van der Waals surface area (Å²) in [6.45, 7) is 11.1. The Labute approximate surface area is 144 Å². The van der Waals surface area contributed by atoms with Gasteiger partial charge in [0.05, 0.1) is 30.5 Å². The molecule has 3 saturated heterocycles. The quantitative estimate of drug-likeness (QED) is 0.823. The maximum atomic E-state index is 9.83. The maximum absolute atomic E-state index is 9.83. The minimum Gasteiger partial charge on any atom is -0.388 e. The van der Waals surface area contributed by atoms with Crippen molar-refractivity contribution >= 4 is 0 Å². The molecule has 2 unspecified atom stereocenters. The molecule has 3 rings (SSSR count). The number of fused-ring (bicyclic) bond motifs is 1. The van der Waals surface area contributed by atoms with E-state index in [1.807, 2.05) is 20.8 Å². The Balaban J connectivity index is 1.48. The lowest BCUT2D eigenvalue weighted by Gasteiger charge is -2.32. The highest BCUT2D eigenvalue weighted by molar-refractivity contribution is 4.96. The molecule has 0 amide bonds. The summed E-state index contributed by atoms with van der Waals surface area (Å²) in [7, 11) is 0. The molecule has 3 fully saturated rings. The predicted molar refractivity (Wildman–Crippen MR) is 87.8 cm³/mol. The van der Waals surface area contributed by atoms with Crippen molar-refractivity contribution in [3.63, 3.8) is 0 Å². The summed E-state index contributed by atoms with van der Waals surface area (Å²) in [5.41, 5.74) is -0.538.